The molecule has 0 aliphatic heterocycles. The highest BCUT2D eigenvalue weighted by Gasteiger charge is 2.07. The molecule has 0 rings (SSSR count). The maximum Gasteiger partial charge on any atom is 0.320 e. The number of hydrogen-bond donors (Lipinski definition) is 2. The van der Waals surface area contributed by atoms with Gasteiger partial charge in [-0.2, -0.15) is 0 Å². The second-order valence-corrected chi connectivity index (χ2v) is 1.27. The highest BCUT2D eigenvalue weighted by molar-refractivity contribution is 5.72. The summed E-state index contributed by atoms with van der Waals surface area (Å²) >= 11 is 0. The lowest BCUT2D eigenvalue weighted by Gasteiger charge is -2.00. The quantitative estimate of drug-likeness (QED) is 0.559. The summed E-state index contributed by atoms with van der Waals surface area (Å²) in [7, 11) is 0. The number of carboxylic acids is 1. The summed E-state index contributed by atoms with van der Waals surface area (Å²) in [5.74, 6) is -1.42. The minimum absolute atomic E-state index is 1.14. The molecule has 0 fully saturated rings. The van der Waals surface area contributed by atoms with Crippen LogP contribution in [0.1, 0.15) is 23.8 Å². The van der Waals surface area contributed by atoms with E-state index in [0.29, 0.717) is 0 Å². The summed E-state index contributed by atoms with van der Waals surface area (Å²) < 4.78 is 21.2. The Kier molecular flexibility index (Phi) is 1.48. The van der Waals surface area contributed by atoms with Crippen molar-refractivity contribution in [1.29, 1.82) is 0 Å². The van der Waals surface area contributed by atoms with Crippen molar-refractivity contribution < 1.29 is 14.0 Å². The maximum absolute atomic E-state index is 10.2. The highest BCUT2D eigenvalue weighted by Crippen LogP contribution is 1.91. The van der Waals surface area contributed by atoms with E-state index in [1.54, 1.807) is 0 Å². The molecular formula is C5H11NO2. The van der Waals surface area contributed by atoms with Crippen LogP contribution in [0, 0.1) is 0 Å². The standard InChI is InChI=1S/C5H11NO2/c1-2-3-4(6)5(7)8/h4H,2-3,6H2,1H3,(H,7,8)/t4-/m0/s1/i2D,3D2/t2-,4+/m1. The topological polar surface area (TPSA) is 63.3 Å². The Balaban J connectivity index is 4.41. The van der Waals surface area contributed by atoms with Crippen LogP contribution >= 0.6 is 0 Å². The van der Waals surface area contributed by atoms with Crippen LogP contribution in [0.5, 0.6) is 0 Å². The van der Waals surface area contributed by atoms with Crippen molar-refractivity contribution in [2.24, 2.45) is 5.73 Å². The number of carbonyl (C=O) groups is 1. The van der Waals surface area contributed by atoms with Gasteiger partial charge in [-0.15, -0.1) is 0 Å². The average Bonchev–Trinajstić information content (AvgIpc) is 1.85. The van der Waals surface area contributed by atoms with Crippen LogP contribution in [0.2, 0.25) is 0 Å². The molecule has 3 nitrogen and oxygen atoms in total. The number of rotatable bonds is 3. The first kappa shape index (κ1) is 3.45. The molecule has 0 radical (unpaired) electrons. The molecule has 0 heterocycles. The van der Waals surface area contributed by atoms with Crippen molar-refractivity contribution in [2.75, 3.05) is 0 Å². The van der Waals surface area contributed by atoms with Gasteiger partial charge in [0.25, 0.3) is 0 Å². The molecule has 0 aromatic carbocycles. The van der Waals surface area contributed by atoms with E-state index in [1.165, 1.54) is 6.92 Å². The number of hydrogen-bond acceptors (Lipinski definition) is 2. The predicted octanol–water partition coefficient (Wildman–Crippen LogP) is 0.198. The summed E-state index contributed by atoms with van der Waals surface area (Å²) in [5, 5.41) is 8.32. The van der Waals surface area contributed by atoms with Crippen molar-refractivity contribution in [3.8, 4) is 0 Å². The van der Waals surface area contributed by atoms with Gasteiger partial charge in [0.2, 0.25) is 0 Å². The van der Waals surface area contributed by atoms with Crippen LogP contribution in [-0.2, 0) is 4.79 Å². The Hall–Kier alpha value is -0.570. The molecule has 2 atom stereocenters. The predicted molar refractivity (Wildman–Crippen MR) is 30.5 cm³/mol. The second kappa shape index (κ2) is 3.43. The molecule has 8 heavy (non-hydrogen) atoms. The minimum atomic E-state index is -2.17. The molecule has 0 spiro atoms. The van der Waals surface area contributed by atoms with Gasteiger partial charge in [-0.25, -0.2) is 0 Å². The van der Waals surface area contributed by atoms with Gasteiger partial charge in [0.05, 0.1) is 0 Å². The van der Waals surface area contributed by atoms with E-state index in [2.05, 4.69) is 0 Å². The Morgan fingerprint density at radius 3 is 2.75 bits per heavy atom. The third kappa shape index (κ3) is 2.58. The minimum Gasteiger partial charge on any atom is -0.480 e. The number of nitrogens with two attached hydrogens (primary N) is 1. The lowest BCUT2D eigenvalue weighted by Crippen LogP contribution is -2.29. The van der Waals surface area contributed by atoms with Gasteiger partial charge in [-0.3, -0.25) is 4.79 Å². The molecule has 0 unspecified atom stereocenters. The van der Waals surface area contributed by atoms with Crippen molar-refractivity contribution in [1.82, 2.24) is 0 Å². The monoisotopic (exact) mass is 120 g/mol. The summed E-state index contributed by atoms with van der Waals surface area (Å²) in [6, 6.07) is -1.63. The van der Waals surface area contributed by atoms with Gasteiger partial charge < -0.3 is 10.8 Å². The fraction of sp³-hybridized carbons (Fsp3) is 0.800. The lowest BCUT2D eigenvalue weighted by atomic mass is 10.2. The lowest BCUT2D eigenvalue weighted by molar-refractivity contribution is -0.138. The second-order valence-electron chi connectivity index (χ2n) is 1.27. The molecule has 0 amide bonds. The largest absolute Gasteiger partial charge is 0.480 e. The van der Waals surface area contributed by atoms with E-state index >= 15 is 0 Å². The molecule has 3 heteroatoms. The summed E-state index contributed by atoms with van der Waals surface area (Å²) in [6.07, 6.45) is -3.32. The van der Waals surface area contributed by atoms with Gasteiger partial charge in [0, 0.05) is 4.11 Å². The molecule has 0 saturated heterocycles. The van der Waals surface area contributed by atoms with Gasteiger partial charge in [-0.1, -0.05) is 13.3 Å². The smallest absolute Gasteiger partial charge is 0.320 e. The molecule has 0 bridgehead atoms. The maximum atomic E-state index is 10.2. The SMILES string of the molecule is [2H][C@H](C)C([2H])([2H])[C@H](N)C(=O)O. The highest BCUT2D eigenvalue weighted by atomic mass is 16.4. The van der Waals surface area contributed by atoms with Crippen LogP contribution < -0.4 is 5.73 Å². The average molecular weight is 120 g/mol. The Morgan fingerprint density at radius 1 is 2.12 bits per heavy atom. The van der Waals surface area contributed by atoms with E-state index < -0.39 is 24.8 Å². The fourth-order valence-electron chi connectivity index (χ4n) is 0.251. The summed E-state index contributed by atoms with van der Waals surface area (Å²) in [6.45, 7) is 1.27. The normalized spacial score (nSPS) is 24.5. The van der Waals surface area contributed by atoms with Gasteiger partial charge in [0.15, 0.2) is 0 Å². The first-order chi connectivity index (χ1) is 4.80. The van der Waals surface area contributed by atoms with Crippen molar-refractivity contribution in [2.45, 2.75) is 25.7 Å². The third-order valence-corrected chi connectivity index (χ3v) is 0.612. The third-order valence-electron chi connectivity index (χ3n) is 0.612. The zero-order valence-corrected chi connectivity index (χ0v) is 4.59. The first-order valence-corrected chi connectivity index (χ1v) is 2.20. The molecule has 0 saturated carbocycles. The summed E-state index contributed by atoms with van der Waals surface area (Å²) in [5.41, 5.74) is 5.00. The number of carboxylic acid groups (broad SMARTS) is 1. The molecule has 0 aromatic rings. The Morgan fingerprint density at radius 2 is 2.62 bits per heavy atom. The van der Waals surface area contributed by atoms with E-state index in [0.717, 1.165) is 0 Å². The molecule has 0 aromatic heterocycles. The molecule has 0 aliphatic carbocycles. The first-order valence-electron chi connectivity index (χ1n) is 3.78. The van der Waals surface area contributed by atoms with Crippen LogP contribution in [0.15, 0.2) is 0 Å². The van der Waals surface area contributed by atoms with Crippen molar-refractivity contribution in [3.05, 3.63) is 0 Å². The Labute approximate surface area is 52.7 Å². The van der Waals surface area contributed by atoms with Crippen molar-refractivity contribution >= 4 is 5.97 Å². The molecular weight excluding hydrogens is 106 g/mol. The summed E-state index contributed by atoms with van der Waals surface area (Å²) in [4.78, 5) is 10.2. The fourth-order valence-corrected chi connectivity index (χ4v) is 0.251. The van der Waals surface area contributed by atoms with Crippen LogP contribution in [0.3, 0.4) is 0 Å². The van der Waals surface area contributed by atoms with Crippen molar-refractivity contribution in [3.63, 3.8) is 0 Å². The Bertz CT molecular complexity index is 160. The zero-order chi connectivity index (χ0) is 9.23. The van der Waals surface area contributed by atoms with E-state index in [4.69, 9.17) is 15.0 Å². The number of aliphatic carboxylic acids is 1. The van der Waals surface area contributed by atoms with Crippen LogP contribution in [0.4, 0.5) is 0 Å². The molecule has 3 N–H and O–H groups in total. The molecule has 0 aliphatic rings. The van der Waals surface area contributed by atoms with E-state index in [-0.39, 0.29) is 0 Å². The molecule has 48 valence electrons. The van der Waals surface area contributed by atoms with Gasteiger partial charge in [0.1, 0.15) is 6.04 Å². The zero-order valence-electron chi connectivity index (χ0n) is 7.59. The van der Waals surface area contributed by atoms with Gasteiger partial charge in [-0.05, 0) is 6.37 Å². The van der Waals surface area contributed by atoms with E-state index in [9.17, 15) is 4.79 Å². The van der Waals surface area contributed by atoms with E-state index in [1.807, 2.05) is 0 Å². The van der Waals surface area contributed by atoms with Gasteiger partial charge >= 0.3 is 5.97 Å². The van der Waals surface area contributed by atoms with Crippen LogP contribution in [-0.4, -0.2) is 17.1 Å². The van der Waals surface area contributed by atoms with Crippen LogP contribution in [0.25, 0.3) is 0 Å².